The Kier molecular flexibility index (Phi) is 5.43. The normalized spacial score (nSPS) is 19.1. The van der Waals surface area contributed by atoms with Gasteiger partial charge in [0.05, 0.1) is 5.52 Å². The Labute approximate surface area is 168 Å². The zero-order valence-corrected chi connectivity index (χ0v) is 16.2. The lowest BCUT2D eigenvalue weighted by Gasteiger charge is -2.30. The number of hydrogen-bond donors (Lipinski definition) is 2. The molecule has 4 nitrogen and oxygen atoms in total. The Morgan fingerprint density at radius 3 is 2.34 bits per heavy atom. The minimum Gasteiger partial charge on any atom is -0.367 e. The number of benzene rings is 2. The van der Waals surface area contributed by atoms with Crippen LogP contribution in [0.5, 0.6) is 0 Å². The molecule has 150 valence electrons. The first-order valence-corrected chi connectivity index (χ1v) is 9.89. The number of rotatable bonds is 4. The van der Waals surface area contributed by atoms with Gasteiger partial charge in [-0.1, -0.05) is 24.3 Å². The topological polar surface area (TPSA) is 54.0 Å². The number of aromatic nitrogens is 1. The van der Waals surface area contributed by atoms with Gasteiger partial charge in [0.2, 0.25) is 0 Å². The number of pyridine rings is 1. The standard InChI is InChI=1S/C23H23F2N3O/c1-14-13-21(28-20-8-3-2-5-17(14)20)26-15-9-11-16(12-10-15)27-23(29)22-18(24)6-4-7-19(22)25/h2-8,13,15-16H,9-12H2,1H3,(H,26,28)(H,27,29). The third kappa shape index (κ3) is 4.21. The maximum absolute atomic E-state index is 13.8. The molecule has 1 saturated carbocycles. The van der Waals surface area contributed by atoms with Crippen molar-refractivity contribution in [3.8, 4) is 0 Å². The number of nitrogens with zero attached hydrogens (tertiary/aromatic N) is 1. The molecule has 2 aromatic carbocycles. The van der Waals surface area contributed by atoms with Crippen molar-refractivity contribution in [3.05, 3.63) is 71.3 Å². The summed E-state index contributed by atoms with van der Waals surface area (Å²) in [6, 6.07) is 13.7. The monoisotopic (exact) mass is 395 g/mol. The second-order valence-corrected chi connectivity index (χ2v) is 7.60. The third-order valence-corrected chi connectivity index (χ3v) is 5.53. The van der Waals surface area contributed by atoms with Gasteiger partial charge in [-0.05, 0) is 62.4 Å². The van der Waals surface area contributed by atoms with Gasteiger partial charge in [-0.3, -0.25) is 4.79 Å². The quantitative estimate of drug-likeness (QED) is 0.655. The lowest BCUT2D eigenvalue weighted by molar-refractivity contribution is 0.0918. The van der Waals surface area contributed by atoms with Crippen LogP contribution in [0.3, 0.4) is 0 Å². The number of carbonyl (C=O) groups is 1. The summed E-state index contributed by atoms with van der Waals surface area (Å²) in [7, 11) is 0. The Hall–Kier alpha value is -3.02. The summed E-state index contributed by atoms with van der Waals surface area (Å²) in [6.07, 6.45) is 3.18. The summed E-state index contributed by atoms with van der Waals surface area (Å²) in [5.74, 6) is -1.52. The van der Waals surface area contributed by atoms with E-state index in [2.05, 4.69) is 29.7 Å². The summed E-state index contributed by atoms with van der Waals surface area (Å²) < 4.78 is 27.6. The van der Waals surface area contributed by atoms with Gasteiger partial charge < -0.3 is 10.6 Å². The molecule has 0 aliphatic heterocycles. The molecule has 1 aliphatic carbocycles. The fourth-order valence-corrected chi connectivity index (χ4v) is 3.99. The van der Waals surface area contributed by atoms with Crippen LogP contribution < -0.4 is 10.6 Å². The fourth-order valence-electron chi connectivity index (χ4n) is 3.99. The molecule has 2 N–H and O–H groups in total. The first kappa shape index (κ1) is 19.3. The van der Waals surface area contributed by atoms with Crippen LogP contribution in [0.2, 0.25) is 0 Å². The van der Waals surface area contributed by atoms with Crippen molar-refractivity contribution in [2.45, 2.75) is 44.7 Å². The van der Waals surface area contributed by atoms with Gasteiger partial charge in [0, 0.05) is 17.5 Å². The molecule has 6 heteroatoms. The number of carbonyl (C=O) groups excluding carboxylic acids is 1. The van der Waals surface area contributed by atoms with Crippen molar-refractivity contribution in [1.29, 1.82) is 0 Å². The zero-order valence-electron chi connectivity index (χ0n) is 16.2. The predicted molar refractivity (Wildman–Crippen MR) is 110 cm³/mol. The highest BCUT2D eigenvalue weighted by atomic mass is 19.1. The number of nitrogens with one attached hydrogen (secondary N) is 2. The molecule has 0 atom stereocenters. The summed E-state index contributed by atoms with van der Waals surface area (Å²) in [6.45, 7) is 2.07. The lowest BCUT2D eigenvalue weighted by Crippen LogP contribution is -2.40. The first-order valence-electron chi connectivity index (χ1n) is 9.89. The number of amides is 1. The van der Waals surface area contributed by atoms with E-state index in [9.17, 15) is 13.6 Å². The van der Waals surface area contributed by atoms with Crippen LogP contribution in [-0.4, -0.2) is 23.0 Å². The molecule has 0 unspecified atom stereocenters. The van der Waals surface area contributed by atoms with Crippen molar-refractivity contribution < 1.29 is 13.6 Å². The van der Waals surface area contributed by atoms with Crippen LogP contribution >= 0.6 is 0 Å². The average Bonchev–Trinajstić information content (AvgIpc) is 2.69. The van der Waals surface area contributed by atoms with E-state index in [4.69, 9.17) is 4.98 Å². The van der Waals surface area contributed by atoms with Crippen molar-refractivity contribution in [2.75, 3.05) is 5.32 Å². The van der Waals surface area contributed by atoms with Crippen LogP contribution in [0.4, 0.5) is 14.6 Å². The molecule has 3 aromatic rings. The molecular weight excluding hydrogens is 372 g/mol. The van der Waals surface area contributed by atoms with Gasteiger partial charge in [0.15, 0.2) is 0 Å². The molecule has 4 rings (SSSR count). The number of halogens is 2. The average molecular weight is 395 g/mol. The van der Waals surface area contributed by atoms with Crippen LogP contribution in [-0.2, 0) is 0 Å². The van der Waals surface area contributed by atoms with E-state index >= 15 is 0 Å². The highest BCUT2D eigenvalue weighted by Gasteiger charge is 2.25. The van der Waals surface area contributed by atoms with Gasteiger partial charge >= 0.3 is 0 Å². The molecule has 29 heavy (non-hydrogen) atoms. The van der Waals surface area contributed by atoms with E-state index in [0.717, 1.165) is 54.5 Å². The molecular formula is C23H23F2N3O. The summed E-state index contributed by atoms with van der Waals surface area (Å²) >= 11 is 0. The minimum atomic E-state index is -0.837. The highest BCUT2D eigenvalue weighted by Crippen LogP contribution is 2.25. The van der Waals surface area contributed by atoms with E-state index in [1.165, 1.54) is 11.6 Å². The smallest absolute Gasteiger partial charge is 0.257 e. The van der Waals surface area contributed by atoms with Crippen molar-refractivity contribution in [1.82, 2.24) is 10.3 Å². The van der Waals surface area contributed by atoms with Crippen molar-refractivity contribution in [2.24, 2.45) is 0 Å². The van der Waals surface area contributed by atoms with Gasteiger partial charge in [0.1, 0.15) is 23.0 Å². The molecule has 0 spiro atoms. The van der Waals surface area contributed by atoms with Crippen molar-refractivity contribution in [3.63, 3.8) is 0 Å². The highest BCUT2D eigenvalue weighted by molar-refractivity contribution is 5.95. The maximum atomic E-state index is 13.8. The molecule has 0 saturated heterocycles. The SMILES string of the molecule is Cc1cc(NC2CCC(NC(=O)c3c(F)cccc3F)CC2)nc2ccccc12. The van der Waals surface area contributed by atoms with E-state index in [0.29, 0.717) is 0 Å². The fraction of sp³-hybridized carbons (Fsp3) is 0.304. The number of hydrogen-bond acceptors (Lipinski definition) is 3. The van der Waals surface area contributed by atoms with E-state index in [-0.39, 0.29) is 12.1 Å². The molecule has 1 aliphatic rings. The van der Waals surface area contributed by atoms with Gasteiger partial charge in [-0.25, -0.2) is 13.8 Å². The number of fused-ring (bicyclic) bond motifs is 1. The first-order chi connectivity index (χ1) is 14.0. The van der Waals surface area contributed by atoms with Crippen LogP contribution in [0.25, 0.3) is 10.9 Å². The van der Waals surface area contributed by atoms with Gasteiger partial charge in [-0.2, -0.15) is 0 Å². The second kappa shape index (κ2) is 8.15. The number of anilines is 1. The molecule has 0 radical (unpaired) electrons. The minimum absolute atomic E-state index is 0.0918. The van der Waals surface area contributed by atoms with Crippen LogP contribution in [0.15, 0.2) is 48.5 Å². The van der Waals surface area contributed by atoms with Gasteiger partial charge in [-0.15, -0.1) is 0 Å². The lowest BCUT2D eigenvalue weighted by atomic mass is 9.91. The van der Waals surface area contributed by atoms with Crippen molar-refractivity contribution >= 4 is 22.6 Å². The summed E-state index contributed by atoms with van der Waals surface area (Å²) in [4.78, 5) is 17.0. The Bertz CT molecular complexity index is 1030. The second-order valence-electron chi connectivity index (χ2n) is 7.60. The zero-order chi connectivity index (χ0) is 20.4. The Balaban J connectivity index is 1.36. The Morgan fingerprint density at radius 2 is 1.62 bits per heavy atom. The van der Waals surface area contributed by atoms with Crippen LogP contribution in [0, 0.1) is 18.6 Å². The van der Waals surface area contributed by atoms with Gasteiger partial charge in [0.25, 0.3) is 5.91 Å². The molecule has 1 heterocycles. The Morgan fingerprint density at radius 1 is 0.966 bits per heavy atom. The van der Waals surface area contributed by atoms with E-state index in [1.807, 2.05) is 18.2 Å². The maximum Gasteiger partial charge on any atom is 0.257 e. The summed E-state index contributed by atoms with van der Waals surface area (Å²) in [5.41, 5.74) is 1.62. The van der Waals surface area contributed by atoms with Crippen LogP contribution in [0.1, 0.15) is 41.6 Å². The summed E-state index contributed by atoms with van der Waals surface area (Å²) in [5, 5.41) is 7.41. The third-order valence-electron chi connectivity index (χ3n) is 5.53. The predicted octanol–water partition coefficient (Wildman–Crippen LogP) is 4.97. The number of para-hydroxylation sites is 1. The molecule has 1 aromatic heterocycles. The number of aryl methyl sites for hydroxylation is 1. The molecule has 0 bridgehead atoms. The van der Waals surface area contributed by atoms with E-state index in [1.54, 1.807) is 0 Å². The molecule has 1 fully saturated rings. The molecule has 1 amide bonds. The largest absolute Gasteiger partial charge is 0.367 e. The van der Waals surface area contributed by atoms with E-state index < -0.39 is 23.1 Å².